The molecule has 0 fully saturated rings. The van der Waals surface area contributed by atoms with Crippen LogP contribution in [0.25, 0.3) is 0 Å². The number of carbonyl (C=O) groups excluding carboxylic acids is 2. The Balaban J connectivity index is 2.49. The summed E-state index contributed by atoms with van der Waals surface area (Å²) in [6, 6.07) is 5.55. The van der Waals surface area contributed by atoms with Gasteiger partial charge in [0.05, 0.1) is 11.4 Å². The highest BCUT2D eigenvalue weighted by atomic mass is 32.2. The lowest BCUT2D eigenvalue weighted by Crippen LogP contribution is -2.35. The van der Waals surface area contributed by atoms with E-state index in [0.717, 1.165) is 10.6 Å². The van der Waals surface area contributed by atoms with E-state index in [4.69, 9.17) is 0 Å². The molecule has 0 unspecified atom stereocenters. The second kappa shape index (κ2) is 4.29. The Hall–Kier alpha value is -1.29. The molecule has 1 aromatic carbocycles. The summed E-state index contributed by atoms with van der Waals surface area (Å²) in [7, 11) is 0. The van der Waals surface area contributed by atoms with E-state index in [1.54, 1.807) is 4.90 Å². The molecule has 0 aromatic heterocycles. The molecule has 0 spiro atoms. The molecule has 3 nitrogen and oxygen atoms in total. The van der Waals surface area contributed by atoms with E-state index in [0.29, 0.717) is 17.9 Å². The van der Waals surface area contributed by atoms with Crippen molar-refractivity contribution in [3.8, 4) is 0 Å². The summed E-state index contributed by atoms with van der Waals surface area (Å²) in [5.74, 6) is 0.628. The van der Waals surface area contributed by atoms with Crippen LogP contribution >= 0.6 is 11.8 Å². The highest BCUT2D eigenvalue weighted by molar-refractivity contribution is 8.00. The molecule has 0 N–H and O–H groups in total. The van der Waals surface area contributed by atoms with Gasteiger partial charge in [-0.15, -0.1) is 11.8 Å². The van der Waals surface area contributed by atoms with Crippen molar-refractivity contribution in [1.82, 2.24) is 0 Å². The topological polar surface area (TPSA) is 37.4 Å². The highest BCUT2D eigenvalue weighted by Crippen LogP contribution is 2.35. The van der Waals surface area contributed by atoms with Gasteiger partial charge in [-0.3, -0.25) is 9.59 Å². The maximum absolute atomic E-state index is 11.7. The van der Waals surface area contributed by atoms with Crippen LogP contribution in [0.15, 0.2) is 23.1 Å². The Kier molecular flexibility index (Phi) is 3.01. The third kappa shape index (κ3) is 1.85. The summed E-state index contributed by atoms with van der Waals surface area (Å²) < 4.78 is 0. The largest absolute Gasteiger partial charge is 0.311 e. The minimum absolute atomic E-state index is 0.0295. The van der Waals surface area contributed by atoms with Gasteiger partial charge in [0.25, 0.3) is 0 Å². The number of carbonyl (C=O) groups is 2. The van der Waals surface area contributed by atoms with Crippen molar-refractivity contribution in [2.75, 3.05) is 17.2 Å². The quantitative estimate of drug-likeness (QED) is 0.738. The van der Waals surface area contributed by atoms with Gasteiger partial charge in [-0.25, -0.2) is 0 Å². The average molecular weight is 235 g/mol. The molecule has 1 heterocycles. The highest BCUT2D eigenvalue weighted by Gasteiger charge is 2.23. The van der Waals surface area contributed by atoms with E-state index in [1.807, 2.05) is 25.1 Å². The monoisotopic (exact) mass is 235 g/mol. The van der Waals surface area contributed by atoms with Crippen LogP contribution in [-0.2, 0) is 4.79 Å². The Bertz CT molecular complexity index is 456. The molecule has 0 saturated carbocycles. The van der Waals surface area contributed by atoms with Gasteiger partial charge in [-0.1, -0.05) is 6.07 Å². The summed E-state index contributed by atoms with van der Waals surface area (Å²) in [6.07, 6.45) is 0. The smallest absolute Gasteiger partial charge is 0.237 e. The molecule has 1 aliphatic rings. The number of amides is 1. The Morgan fingerprint density at radius 3 is 2.88 bits per heavy atom. The first kappa shape index (κ1) is 11.2. The van der Waals surface area contributed by atoms with Crippen LogP contribution in [0, 0.1) is 0 Å². The summed E-state index contributed by atoms with van der Waals surface area (Å²) in [5, 5.41) is 0. The van der Waals surface area contributed by atoms with Gasteiger partial charge in [-0.05, 0) is 26.0 Å². The van der Waals surface area contributed by atoms with Crippen molar-refractivity contribution in [2.24, 2.45) is 0 Å². The zero-order valence-electron chi connectivity index (χ0n) is 9.32. The molecule has 0 atom stereocenters. The molecule has 1 aromatic rings. The molecule has 0 bridgehead atoms. The number of ketones is 1. The first-order valence-electron chi connectivity index (χ1n) is 5.21. The predicted molar refractivity (Wildman–Crippen MR) is 65.2 cm³/mol. The lowest BCUT2D eigenvalue weighted by Gasteiger charge is -2.28. The SMILES string of the molecule is CCN1C(=O)CSc2ccc(C(C)=O)cc21. The second-order valence-electron chi connectivity index (χ2n) is 3.67. The van der Waals surface area contributed by atoms with Gasteiger partial charge in [0.15, 0.2) is 5.78 Å². The predicted octanol–water partition coefficient (Wildman–Crippen LogP) is 2.35. The third-order valence-corrected chi connectivity index (χ3v) is 3.67. The number of fused-ring (bicyclic) bond motifs is 1. The van der Waals surface area contributed by atoms with Crippen molar-refractivity contribution in [3.63, 3.8) is 0 Å². The number of rotatable bonds is 2. The Morgan fingerprint density at radius 1 is 1.50 bits per heavy atom. The van der Waals surface area contributed by atoms with Crippen LogP contribution in [0.1, 0.15) is 24.2 Å². The van der Waals surface area contributed by atoms with Crippen LogP contribution in [0.3, 0.4) is 0 Å². The molecule has 0 aliphatic carbocycles. The number of hydrogen-bond donors (Lipinski definition) is 0. The van der Waals surface area contributed by atoms with Crippen LogP contribution in [-0.4, -0.2) is 24.0 Å². The molecule has 2 rings (SSSR count). The second-order valence-corrected chi connectivity index (χ2v) is 4.68. The maximum Gasteiger partial charge on any atom is 0.237 e. The summed E-state index contributed by atoms with van der Waals surface area (Å²) in [6.45, 7) is 4.13. The van der Waals surface area contributed by atoms with E-state index in [9.17, 15) is 9.59 Å². The molecule has 1 amide bonds. The number of nitrogens with zero attached hydrogens (tertiary/aromatic N) is 1. The zero-order chi connectivity index (χ0) is 11.7. The fourth-order valence-corrected chi connectivity index (χ4v) is 2.68. The lowest BCUT2D eigenvalue weighted by atomic mass is 10.1. The number of hydrogen-bond acceptors (Lipinski definition) is 3. The maximum atomic E-state index is 11.7. The number of thioether (sulfide) groups is 1. The minimum atomic E-state index is 0.0295. The molecular formula is C12H13NO2S. The fraction of sp³-hybridized carbons (Fsp3) is 0.333. The van der Waals surface area contributed by atoms with E-state index in [2.05, 4.69) is 0 Å². The van der Waals surface area contributed by atoms with Crippen LogP contribution < -0.4 is 4.90 Å². The number of Topliss-reactive ketones (excluding diaryl/α,β-unsaturated/α-hetero) is 1. The molecule has 4 heteroatoms. The molecule has 1 aliphatic heterocycles. The lowest BCUT2D eigenvalue weighted by molar-refractivity contribution is -0.116. The summed E-state index contributed by atoms with van der Waals surface area (Å²) >= 11 is 1.53. The molecule has 84 valence electrons. The summed E-state index contributed by atoms with van der Waals surface area (Å²) in [5.41, 5.74) is 1.53. The van der Waals surface area contributed by atoms with Gasteiger partial charge in [-0.2, -0.15) is 0 Å². The normalized spacial score (nSPS) is 14.9. The number of anilines is 1. The fourth-order valence-electron chi connectivity index (χ4n) is 1.77. The van der Waals surface area contributed by atoms with E-state index < -0.39 is 0 Å². The van der Waals surface area contributed by atoms with E-state index >= 15 is 0 Å². The van der Waals surface area contributed by atoms with E-state index in [-0.39, 0.29) is 11.7 Å². The van der Waals surface area contributed by atoms with Gasteiger partial charge >= 0.3 is 0 Å². The van der Waals surface area contributed by atoms with Gasteiger partial charge in [0.2, 0.25) is 5.91 Å². The van der Waals surface area contributed by atoms with Crippen molar-refractivity contribution in [3.05, 3.63) is 23.8 Å². The molecular weight excluding hydrogens is 222 g/mol. The number of benzene rings is 1. The first-order valence-corrected chi connectivity index (χ1v) is 6.20. The van der Waals surface area contributed by atoms with Crippen molar-refractivity contribution in [1.29, 1.82) is 0 Å². The first-order chi connectivity index (χ1) is 7.63. The van der Waals surface area contributed by atoms with Gasteiger partial charge in [0.1, 0.15) is 0 Å². The van der Waals surface area contributed by atoms with Crippen molar-refractivity contribution >= 4 is 29.1 Å². The Labute approximate surface area is 98.8 Å². The van der Waals surface area contributed by atoms with Gasteiger partial charge < -0.3 is 4.90 Å². The van der Waals surface area contributed by atoms with Crippen molar-refractivity contribution in [2.45, 2.75) is 18.7 Å². The van der Waals surface area contributed by atoms with Crippen LogP contribution in [0.4, 0.5) is 5.69 Å². The summed E-state index contributed by atoms with van der Waals surface area (Å²) in [4.78, 5) is 25.8. The van der Waals surface area contributed by atoms with Crippen LogP contribution in [0.2, 0.25) is 0 Å². The zero-order valence-corrected chi connectivity index (χ0v) is 10.1. The Morgan fingerprint density at radius 2 is 2.25 bits per heavy atom. The molecule has 0 radical (unpaired) electrons. The standard InChI is InChI=1S/C12H13NO2S/c1-3-13-10-6-9(8(2)14)4-5-11(10)16-7-12(13)15/h4-6H,3,7H2,1-2H3. The minimum Gasteiger partial charge on any atom is -0.311 e. The third-order valence-electron chi connectivity index (χ3n) is 2.62. The van der Waals surface area contributed by atoms with Gasteiger partial charge in [0, 0.05) is 17.0 Å². The van der Waals surface area contributed by atoms with Crippen LogP contribution in [0.5, 0.6) is 0 Å². The average Bonchev–Trinajstić information content (AvgIpc) is 2.28. The molecule has 0 saturated heterocycles. The molecule has 16 heavy (non-hydrogen) atoms. The van der Waals surface area contributed by atoms with Crippen molar-refractivity contribution < 1.29 is 9.59 Å². The van der Waals surface area contributed by atoms with E-state index in [1.165, 1.54) is 18.7 Å².